The second-order valence-corrected chi connectivity index (χ2v) is 22.8. The van der Waals surface area contributed by atoms with Gasteiger partial charge in [0, 0.05) is 39.7 Å². The summed E-state index contributed by atoms with van der Waals surface area (Å²) < 4.78 is 34.5. The third-order valence-electron chi connectivity index (χ3n) is 11.8. The number of nitrogens with one attached hydrogen (secondary N) is 1. The maximum absolute atomic E-state index is 12.6. The van der Waals surface area contributed by atoms with E-state index in [0.717, 1.165) is 73.4 Å². The van der Waals surface area contributed by atoms with E-state index in [1.165, 1.54) is 0 Å². The van der Waals surface area contributed by atoms with E-state index >= 15 is 0 Å². The summed E-state index contributed by atoms with van der Waals surface area (Å²) >= 11 is 15.3. The number of ether oxygens (including phenoxy) is 2. The summed E-state index contributed by atoms with van der Waals surface area (Å²) in [7, 11) is -3.19. The highest BCUT2D eigenvalue weighted by molar-refractivity contribution is 9.10. The molecule has 2 atom stereocenters. The summed E-state index contributed by atoms with van der Waals surface area (Å²) in [4.78, 5) is 56.6. The average Bonchev–Trinajstić information content (AvgIpc) is 3.59. The zero-order valence-electron chi connectivity index (χ0n) is 42.7. The van der Waals surface area contributed by atoms with Crippen molar-refractivity contribution in [2.75, 3.05) is 31.7 Å². The molecule has 1 aliphatic heterocycles. The number of carboxylic acids is 3. The molecule has 404 valence electrons. The molecule has 1 fully saturated rings. The molecule has 3 aromatic carbocycles. The number of nitriles is 1. The number of carbonyl (C=O) groups excluding carboxylic acids is 2. The van der Waals surface area contributed by atoms with E-state index in [1.54, 1.807) is 90.1 Å². The summed E-state index contributed by atoms with van der Waals surface area (Å²) in [5.41, 5.74) is -0.149. The second kappa shape index (κ2) is 32.2. The van der Waals surface area contributed by atoms with Crippen LogP contribution < -0.4 is 5.32 Å². The van der Waals surface area contributed by atoms with E-state index in [1.807, 2.05) is 18.2 Å². The zero-order chi connectivity index (χ0) is 54.8. The Kier molecular flexibility index (Phi) is 28.5. The minimum atomic E-state index is -3.19. The summed E-state index contributed by atoms with van der Waals surface area (Å²) in [6.07, 6.45) is 9.23. The van der Waals surface area contributed by atoms with Gasteiger partial charge in [-0.1, -0.05) is 83.0 Å². The number of anilines is 1. The fourth-order valence-electron chi connectivity index (χ4n) is 7.36. The van der Waals surface area contributed by atoms with Crippen LogP contribution in [0.15, 0.2) is 65.1 Å². The highest BCUT2D eigenvalue weighted by Crippen LogP contribution is 2.51. The lowest BCUT2D eigenvalue weighted by Crippen LogP contribution is -2.36. The highest BCUT2D eigenvalue weighted by Gasteiger charge is 2.49. The number of unbranched alkanes of at least 4 members (excludes halogenated alkanes) is 5. The number of aliphatic carboxylic acids is 3. The number of aryl methyl sites for hydroxylation is 1. The Hall–Kier alpha value is -4.37. The zero-order valence-corrected chi connectivity index (χ0v) is 46.7. The van der Waals surface area contributed by atoms with E-state index in [-0.39, 0.29) is 18.5 Å². The van der Waals surface area contributed by atoms with Gasteiger partial charge in [0.05, 0.1) is 47.9 Å². The number of rotatable bonds is 29. The predicted molar refractivity (Wildman–Crippen MR) is 284 cm³/mol. The first-order valence-electron chi connectivity index (χ1n) is 24.4. The number of aliphatic hydroxyl groups is 1. The number of cyclic esters (lactones) is 1. The molecule has 4 rings (SSSR count). The minimum absolute atomic E-state index is 0.0541. The lowest BCUT2D eigenvalue weighted by atomic mass is 9.87. The van der Waals surface area contributed by atoms with Crippen molar-refractivity contribution >= 4 is 82.2 Å². The molecule has 0 unspecified atom stereocenters. The number of carbonyl (C=O) groups is 5. The average molecular weight is 1140 g/mol. The predicted octanol–water partition coefficient (Wildman–Crippen LogP) is 12.9. The number of hydrogen-bond acceptors (Lipinski definition) is 12. The third kappa shape index (κ3) is 24.2. The van der Waals surface area contributed by atoms with Gasteiger partial charge in [-0.25, -0.2) is 4.79 Å². The Balaban J connectivity index is 0.000000379. The van der Waals surface area contributed by atoms with Gasteiger partial charge in [0.1, 0.15) is 12.2 Å². The van der Waals surface area contributed by atoms with Crippen molar-refractivity contribution in [3.63, 3.8) is 0 Å². The first-order chi connectivity index (χ1) is 34.3. The van der Waals surface area contributed by atoms with Gasteiger partial charge >= 0.3 is 31.5 Å². The smallest absolute Gasteiger partial charge is 0.339 e. The van der Waals surface area contributed by atoms with Gasteiger partial charge < -0.3 is 44.3 Å². The topological polar surface area (TPSA) is 256 Å². The molecule has 1 saturated heterocycles. The lowest BCUT2D eigenvalue weighted by molar-refractivity contribution is -0.160. The molecule has 0 bridgehead atoms. The summed E-state index contributed by atoms with van der Waals surface area (Å²) in [6, 6.07) is 19.3. The normalized spacial score (nSPS) is 15.5. The fourth-order valence-corrected chi connectivity index (χ4v) is 9.93. The van der Waals surface area contributed by atoms with Gasteiger partial charge in [-0.3, -0.25) is 23.7 Å². The van der Waals surface area contributed by atoms with Gasteiger partial charge in [0.25, 0.3) is 5.91 Å². The Morgan fingerprint density at radius 3 is 1.93 bits per heavy atom. The first-order valence-corrected chi connectivity index (χ1v) is 27.7. The van der Waals surface area contributed by atoms with Crippen LogP contribution in [0.3, 0.4) is 0 Å². The number of amides is 1. The minimum Gasteiger partial charge on any atom is -0.481 e. The molecule has 16 nitrogen and oxygen atoms in total. The summed E-state index contributed by atoms with van der Waals surface area (Å²) in [5.74, 6) is -3.88. The van der Waals surface area contributed by atoms with Crippen LogP contribution in [0.25, 0.3) is 0 Å². The fraction of sp³-hybridized carbons (Fsp3) is 0.547. The molecule has 20 heteroatoms. The molecule has 1 heterocycles. The largest absolute Gasteiger partial charge is 0.481 e. The van der Waals surface area contributed by atoms with Crippen LogP contribution >= 0.6 is 46.7 Å². The molecule has 0 aromatic heterocycles. The third-order valence-corrected chi connectivity index (χ3v) is 15.0. The van der Waals surface area contributed by atoms with Crippen LogP contribution in [0, 0.1) is 22.2 Å². The Bertz CT molecular complexity index is 2320. The monoisotopic (exact) mass is 1140 g/mol. The van der Waals surface area contributed by atoms with E-state index in [9.17, 15) is 38.9 Å². The molecule has 1 amide bonds. The Morgan fingerprint density at radius 1 is 0.836 bits per heavy atom. The second-order valence-electron chi connectivity index (χ2n) is 19.0. The molecule has 0 spiro atoms. The van der Waals surface area contributed by atoms with Gasteiger partial charge in [0.2, 0.25) is 0 Å². The van der Waals surface area contributed by atoms with Crippen LogP contribution in [0.5, 0.6) is 0 Å². The van der Waals surface area contributed by atoms with Crippen LogP contribution in [0.2, 0.25) is 10.0 Å². The maximum Gasteiger partial charge on any atom is 0.339 e. The van der Waals surface area contributed by atoms with Crippen LogP contribution in [-0.2, 0) is 54.8 Å². The molecule has 0 saturated carbocycles. The van der Waals surface area contributed by atoms with Gasteiger partial charge in [-0.2, -0.15) is 5.26 Å². The number of nitrogens with zero attached hydrogens (tertiary/aromatic N) is 1. The van der Waals surface area contributed by atoms with Crippen LogP contribution in [0.4, 0.5) is 5.69 Å². The van der Waals surface area contributed by atoms with E-state index in [0.29, 0.717) is 72.5 Å². The summed E-state index contributed by atoms with van der Waals surface area (Å²) in [6.45, 7) is 12.3. The molecule has 0 radical (unpaired) electrons. The lowest BCUT2D eigenvalue weighted by Gasteiger charge is -2.19. The SMILES string of the molecule is CC(C)(CCCCOCCCCC(C)(C)C(=O)O)C(=O)O.CCOP(=O)(Cc1ccc(C(=O)Nc2ccc(Br)cc2C#N)cc1)OCC.O=C(O)C[C@]1(O)C[C@H](CCCCCCc2ccc(Cl)cc2Cl)OC1=O. The number of benzene rings is 3. The van der Waals surface area contributed by atoms with Crippen molar-refractivity contribution in [2.45, 2.75) is 149 Å². The molecule has 73 heavy (non-hydrogen) atoms. The van der Waals surface area contributed by atoms with Crippen LogP contribution in [0.1, 0.15) is 152 Å². The molecule has 3 aromatic rings. The van der Waals surface area contributed by atoms with E-state index in [2.05, 4.69) is 21.2 Å². The van der Waals surface area contributed by atoms with Gasteiger partial charge in [0.15, 0.2) is 5.60 Å². The molecular weight excluding hydrogens is 1070 g/mol. The molecule has 1 aliphatic rings. The van der Waals surface area contributed by atoms with Crippen molar-refractivity contribution in [3.05, 3.63) is 97.4 Å². The summed E-state index contributed by atoms with van der Waals surface area (Å²) in [5, 5.41) is 50.0. The van der Waals surface area contributed by atoms with Crippen molar-refractivity contribution < 1.29 is 67.5 Å². The Morgan fingerprint density at radius 2 is 1.41 bits per heavy atom. The van der Waals surface area contributed by atoms with Crippen molar-refractivity contribution in [3.8, 4) is 6.07 Å². The van der Waals surface area contributed by atoms with E-state index in [4.69, 9.17) is 57.0 Å². The highest BCUT2D eigenvalue weighted by atomic mass is 79.9. The van der Waals surface area contributed by atoms with Gasteiger partial charge in [-0.05, 0) is 147 Å². The number of hydrogen-bond donors (Lipinski definition) is 5. The number of halogens is 3. The molecule has 0 aliphatic carbocycles. The van der Waals surface area contributed by atoms with E-state index < -0.39 is 60.4 Å². The quantitative estimate of drug-likeness (QED) is 0.0246. The maximum atomic E-state index is 12.6. The van der Waals surface area contributed by atoms with Crippen molar-refractivity contribution in [2.24, 2.45) is 10.8 Å². The number of esters is 1. The number of carboxylic acid groups (broad SMARTS) is 3. The van der Waals surface area contributed by atoms with Crippen molar-refractivity contribution in [1.82, 2.24) is 0 Å². The molecular formula is C53H72BrCl2N2O14P. The standard InChI is InChI=1S/C19H20BrN2O4P.C18H22Cl2O5.C16H30O5/c1-3-25-27(24,26-4-2)13-14-5-7-15(8-6-14)19(23)22-18-10-9-17(20)11-16(18)12-21;19-13-8-7-12(15(20)9-13)5-3-1-2-4-6-14-10-18(24,11-16(21)22)17(23)25-14;1-15(2,13(17)18)9-5-7-11-21-12-8-6-10-16(3,4)14(19)20/h5-11H,3-4,13H2,1-2H3,(H,22,23);7-9,14,24H,1-6,10-11H2,(H,21,22);5-12H2,1-4H3,(H,17,18)(H,19,20)/t;14-,18+;/m.0./s1. The Labute approximate surface area is 448 Å². The molecule has 5 N–H and O–H groups in total. The van der Waals surface area contributed by atoms with Gasteiger partial charge in [-0.15, -0.1) is 0 Å². The van der Waals surface area contributed by atoms with Crippen molar-refractivity contribution in [1.29, 1.82) is 5.26 Å². The van der Waals surface area contributed by atoms with Crippen LogP contribution in [-0.4, -0.2) is 88.3 Å². The first kappa shape index (κ1) is 64.7.